The molecule has 31 heavy (non-hydrogen) atoms. The highest BCUT2D eigenvalue weighted by atomic mass is 19.1. The van der Waals surface area contributed by atoms with E-state index in [1.807, 2.05) is 0 Å². The Morgan fingerprint density at radius 2 is 2.03 bits per heavy atom. The van der Waals surface area contributed by atoms with Gasteiger partial charge in [0.2, 0.25) is 0 Å². The normalized spacial score (nSPS) is 12.1. The molecule has 2 N–H and O–H groups in total. The molecule has 0 aliphatic rings. The van der Waals surface area contributed by atoms with Crippen molar-refractivity contribution < 1.29 is 9.18 Å². The van der Waals surface area contributed by atoms with E-state index in [-0.39, 0.29) is 5.56 Å². The molecule has 0 spiro atoms. The maximum Gasteiger partial charge on any atom is 0.316 e. The predicted molar refractivity (Wildman–Crippen MR) is 113 cm³/mol. The number of fused-ring (bicyclic) bond motifs is 1. The number of rotatable bonds is 5. The Labute approximate surface area is 176 Å². The van der Waals surface area contributed by atoms with Crippen LogP contribution in [0.1, 0.15) is 34.7 Å². The van der Waals surface area contributed by atoms with Crippen LogP contribution in [0.3, 0.4) is 0 Å². The van der Waals surface area contributed by atoms with Crippen molar-refractivity contribution in [1.29, 1.82) is 0 Å². The molecule has 1 atom stereocenters. The second-order valence-corrected chi connectivity index (χ2v) is 7.09. The molecule has 0 saturated carbocycles. The van der Waals surface area contributed by atoms with Crippen LogP contribution in [-0.2, 0) is 13.6 Å². The zero-order valence-corrected chi connectivity index (χ0v) is 16.9. The van der Waals surface area contributed by atoms with Crippen molar-refractivity contribution in [3.8, 4) is 0 Å². The lowest BCUT2D eigenvalue weighted by atomic mass is 10.0. The van der Waals surface area contributed by atoms with E-state index in [1.54, 1.807) is 55.2 Å². The summed E-state index contributed by atoms with van der Waals surface area (Å²) < 4.78 is 16.9. The molecule has 2 aromatic carbocycles. The van der Waals surface area contributed by atoms with Gasteiger partial charge in [-0.3, -0.25) is 14.4 Å². The van der Waals surface area contributed by atoms with Crippen LogP contribution in [0.15, 0.2) is 64.4 Å². The number of amides is 1. The van der Waals surface area contributed by atoms with Crippen LogP contribution in [0.2, 0.25) is 0 Å². The topological polar surface area (TPSA) is 102 Å². The number of carbonyl (C=O) groups is 1. The molecule has 4 aromatic rings. The Balaban J connectivity index is 1.75. The Kier molecular flexibility index (Phi) is 5.24. The van der Waals surface area contributed by atoms with Crippen LogP contribution in [0.25, 0.3) is 11.0 Å². The summed E-state index contributed by atoms with van der Waals surface area (Å²) in [5, 5.41) is 2.89. The smallest absolute Gasteiger partial charge is 0.316 e. The number of imidazole rings is 1. The van der Waals surface area contributed by atoms with E-state index in [1.165, 1.54) is 22.8 Å². The van der Waals surface area contributed by atoms with Crippen molar-refractivity contribution in [2.24, 2.45) is 7.05 Å². The Hall–Kier alpha value is -4.01. The Bertz CT molecular complexity index is 1400. The van der Waals surface area contributed by atoms with Crippen LogP contribution in [-0.4, -0.2) is 25.0 Å². The van der Waals surface area contributed by atoms with Gasteiger partial charge >= 0.3 is 11.1 Å². The second-order valence-electron chi connectivity index (χ2n) is 7.09. The van der Waals surface area contributed by atoms with Gasteiger partial charge in [0.25, 0.3) is 5.91 Å². The number of nitrogens with one attached hydrogen (secondary N) is 2. The number of aromatic amines is 1. The van der Waals surface area contributed by atoms with Crippen LogP contribution >= 0.6 is 0 Å². The average Bonchev–Trinajstić information content (AvgIpc) is 3.18. The van der Waals surface area contributed by atoms with Gasteiger partial charge in [0.1, 0.15) is 17.7 Å². The lowest BCUT2D eigenvalue weighted by Gasteiger charge is -2.19. The first kappa shape index (κ1) is 20.3. The molecule has 0 fully saturated rings. The minimum Gasteiger partial charge on any atom is -0.338 e. The Morgan fingerprint density at radius 3 is 2.71 bits per heavy atom. The molecule has 0 saturated heterocycles. The third-order valence-electron chi connectivity index (χ3n) is 5.13. The van der Waals surface area contributed by atoms with Gasteiger partial charge in [-0.1, -0.05) is 12.1 Å². The van der Waals surface area contributed by atoms with Gasteiger partial charge in [0.05, 0.1) is 11.0 Å². The van der Waals surface area contributed by atoms with Crippen molar-refractivity contribution in [2.75, 3.05) is 0 Å². The van der Waals surface area contributed by atoms with Gasteiger partial charge in [-0.05, 0) is 42.8 Å². The van der Waals surface area contributed by atoms with Gasteiger partial charge in [-0.2, -0.15) is 0 Å². The molecular formula is C22H20FN5O3. The van der Waals surface area contributed by atoms with Crippen molar-refractivity contribution in [1.82, 2.24) is 24.4 Å². The molecule has 0 bridgehead atoms. The van der Waals surface area contributed by atoms with E-state index in [4.69, 9.17) is 0 Å². The van der Waals surface area contributed by atoms with Crippen molar-refractivity contribution in [3.05, 3.63) is 98.3 Å². The first-order chi connectivity index (χ1) is 14.9. The molecule has 8 nitrogen and oxygen atoms in total. The van der Waals surface area contributed by atoms with Crippen LogP contribution in [0, 0.1) is 5.82 Å². The van der Waals surface area contributed by atoms with Crippen LogP contribution in [0.5, 0.6) is 0 Å². The predicted octanol–water partition coefficient (Wildman–Crippen LogP) is 2.10. The molecule has 0 aliphatic heterocycles. The Morgan fingerprint density at radius 1 is 1.23 bits per heavy atom. The SMILES string of the molecule is CCn1c(=O)c(=O)[nH]c2cc(C(=O)N[C@@H](c3cccc(F)c3)c3nccn3C)ccc21. The van der Waals surface area contributed by atoms with E-state index in [9.17, 15) is 18.8 Å². The summed E-state index contributed by atoms with van der Waals surface area (Å²) in [6.45, 7) is 2.09. The summed E-state index contributed by atoms with van der Waals surface area (Å²) >= 11 is 0. The number of aromatic nitrogens is 4. The minimum atomic E-state index is -0.752. The second kappa shape index (κ2) is 8.02. The zero-order chi connectivity index (χ0) is 22.1. The molecule has 2 heterocycles. The molecular weight excluding hydrogens is 401 g/mol. The van der Waals surface area contributed by atoms with Crippen molar-refractivity contribution in [3.63, 3.8) is 0 Å². The average molecular weight is 421 g/mol. The summed E-state index contributed by atoms with van der Waals surface area (Å²) in [5.41, 5.74) is 0.315. The number of carbonyl (C=O) groups excluding carboxylic acids is 1. The number of H-pyrrole nitrogens is 1. The minimum absolute atomic E-state index is 0.278. The number of nitrogens with zero attached hydrogens (tertiary/aromatic N) is 3. The number of hydrogen-bond acceptors (Lipinski definition) is 4. The fraction of sp³-hybridized carbons (Fsp3) is 0.182. The van der Waals surface area contributed by atoms with Crippen molar-refractivity contribution in [2.45, 2.75) is 19.5 Å². The number of halogens is 1. The van der Waals surface area contributed by atoms with Crippen LogP contribution in [0.4, 0.5) is 4.39 Å². The molecule has 9 heteroatoms. The molecule has 158 valence electrons. The quantitative estimate of drug-likeness (QED) is 0.482. The monoisotopic (exact) mass is 421 g/mol. The third-order valence-corrected chi connectivity index (χ3v) is 5.13. The molecule has 0 unspecified atom stereocenters. The lowest BCUT2D eigenvalue weighted by Crippen LogP contribution is -2.36. The summed E-state index contributed by atoms with van der Waals surface area (Å²) in [7, 11) is 1.78. The summed E-state index contributed by atoms with van der Waals surface area (Å²) in [6, 6.07) is 9.95. The largest absolute Gasteiger partial charge is 0.338 e. The van der Waals surface area contributed by atoms with E-state index in [0.29, 0.717) is 29.0 Å². The molecule has 1 amide bonds. The zero-order valence-electron chi connectivity index (χ0n) is 16.9. The fourth-order valence-corrected chi connectivity index (χ4v) is 3.59. The number of hydrogen-bond donors (Lipinski definition) is 2. The maximum atomic E-state index is 13.8. The first-order valence-electron chi connectivity index (χ1n) is 9.69. The number of aryl methyl sites for hydroxylation is 2. The van der Waals surface area contributed by atoms with Crippen LogP contribution < -0.4 is 16.4 Å². The van der Waals surface area contributed by atoms with Gasteiger partial charge in [0, 0.05) is 31.5 Å². The van der Waals surface area contributed by atoms with E-state index < -0.39 is 28.9 Å². The highest BCUT2D eigenvalue weighted by Crippen LogP contribution is 2.22. The van der Waals surface area contributed by atoms with Gasteiger partial charge in [-0.25, -0.2) is 9.37 Å². The van der Waals surface area contributed by atoms with E-state index in [2.05, 4.69) is 15.3 Å². The molecule has 4 rings (SSSR count). The molecule has 2 aromatic heterocycles. The lowest BCUT2D eigenvalue weighted by molar-refractivity contribution is 0.0941. The summed E-state index contributed by atoms with van der Waals surface area (Å²) in [6.07, 6.45) is 3.33. The maximum absolute atomic E-state index is 13.8. The molecule has 0 aliphatic carbocycles. The molecule has 0 radical (unpaired) electrons. The first-order valence-corrected chi connectivity index (χ1v) is 9.69. The van der Waals surface area contributed by atoms with E-state index in [0.717, 1.165) is 0 Å². The van der Waals surface area contributed by atoms with Gasteiger partial charge in [0.15, 0.2) is 0 Å². The van der Waals surface area contributed by atoms with Crippen molar-refractivity contribution >= 4 is 16.9 Å². The highest BCUT2D eigenvalue weighted by Gasteiger charge is 2.22. The van der Waals surface area contributed by atoms with Gasteiger partial charge < -0.3 is 19.4 Å². The summed E-state index contributed by atoms with van der Waals surface area (Å²) in [5.74, 6) is -0.325. The fourth-order valence-electron chi connectivity index (χ4n) is 3.59. The van der Waals surface area contributed by atoms with Gasteiger partial charge in [-0.15, -0.1) is 0 Å². The highest BCUT2D eigenvalue weighted by molar-refractivity contribution is 5.97. The standard InChI is InChI=1S/C22H20FN5O3/c1-3-28-17-8-7-14(12-16(17)25-21(30)22(28)31)20(29)26-18(19-24-9-10-27(19)2)13-5-4-6-15(23)11-13/h4-12,18H,3H2,1-2H3,(H,25,30)(H,26,29)/t18-/m0/s1. The third kappa shape index (κ3) is 3.77. The summed E-state index contributed by atoms with van der Waals surface area (Å²) in [4.78, 5) is 43.9. The number of benzene rings is 2. The van der Waals surface area contributed by atoms with E-state index >= 15 is 0 Å².